The molecule has 140 valence electrons. The molecule has 1 N–H and O–H groups in total. The number of nitrogens with one attached hydrogen (secondary N) is 1. The summed E-state index contributed by atoms with van der Waals surface area (Å²) in [6.45, 7) is 3.50. The minimum absolute atomic E-state index is 0.102. The van der Waals surface area contributed by atoms with Crippen molar-refractivity contribution in [3.8, 4) is 11.1 Å². The Labute approximate surface area is 163 Å². The Hall–Kier alpha value is -2.22. The number of benzene rings is 2. The zero-order chi connectivity index (χ0) is 18.9. The topological polar surface area (TPSA) is 62.3 Å². The third kappa shape index (κ3) is 4.05. The van der Waals surface area contributed by atoms with Gasteiger partial charge in [-0.2, -0.15) is 0 Å². The van der Waals surface area contributed by atoms with Crippen LogP contribution in [0.15, 0.2) is 65.0 Å². The summed E-state index contributed by atoms with van der Waals surface area (Å²) in [5, 5.41) is 2.88. The third-order valence-electron chi connectivity index (χ3n) is 4.72. The Morgan fingerprint density at radius 1 is 1.15 bits per heavy atom. The molecule has 1 unspecified atom stereocenters. The van der Waals surface area contributed by atoms with Crippen LogP contribution in [0.25, 0.3) is 11.1 Å². The van der Waals surface area contributed by atoms with Crippen LogP contribution in [0.1, 0.15) is 12.0 Å². The van der Waals surface area contributed by atoms with Crippen molar-refractivity contribution in [2.75, 3.05) is 18.0 Å². The minimum atomic E-state index is -3.54. The highest BCUT2D eigenvalue weighted by Gasteiger charge is 2.28. The van der Waals surface area contributed by atoms with Crippen LogP contribution in [0.5, 0.6) is 0 Å². The molecule has 1 saturated heterocycles. The molecule has 4 rings (SSSR count). The molecule has 0 aliphatic carbocycles. The van der Waals surface area contributed by atoms with Crippen LogP contribution in [-0.2, 0) is 10.0 Å². The van der Waals surface area contributed by atoms with Crippen LogP contribution in [0.3, 0.4) is 0 Å². The Bertz CT molecular complexity index is 1020. The average molecular weight is 400 g/mol. The van der Waals surface area contributed by atoms with E-state index in [9.17, 15) is 8.42 Å². The summed E-state index contributed by atoms with van der Waals surface area (Å²) < 4.78 is 28.3. The second-order valence-corrected chi connectivity index (χ2v) is 9.35. The number of anilines is 1. The maximum atomic E-state index is 12.7. The van der Waals surface area contributed by atoms with Crippen LogP contribution < -0.4 is 9.62 Å². The molecule has 0 radical (unpaired) electrons. The van der Waals surface area contributed by atoms with Crippen LogP contribution >= 0.6 is 11.3 Å². The van der Waals surface area contributed by atoms with Gasteiger partial charge in [0.05, 0.1) is 4.90 Å². The molecule has 1 aromatic heterocycles. The molecule has 1 fully saturated rings. The maximum absolute atomic E-state index is 12.7. The van der Waals surface area contributed by atoms with Gasteiger partial charge in [-0.25, -0.2) is 18.1 Å². The van der Waals surface area contributed by atoms with Crippen molar-refractivity contribution >= 4 is 26.5 Å². The summed E-state index contributed by atoms with van der Waals surface area (Å²) in [4.78, 5) is 6.72. The highest BCUT2D eigenvalue weighted by molar-refractivity contribution is 7.89. The SMILES string of the molecule is Cc1cccc(-c2ccc(S(=O)(=O)NC3CCN(c4nccs4)C3)cc2)c1. The molecule has 3 aromatic rings. The van der Waals surface area contributed by atoms with Crippen LogP contribution in [0.4, 0.5) is 5.13 Å². The average Bonchev–Trinajstić information content (AvgIpc) is 3.33. The summed E-state index contributed by atoms with van der Waals surface area (Å²) in [5.74, 6) is 0. The molecule has 7 heteroatoms. The first-order valence-electron chi connectivity index (χ1n) is 8.85. The molecule has 5 nitrogen and oxygen atoms in total. The zero-order valence-corrected chi connectivity index (χ0v) is 16.6. The lowest BCUT2D eigenvalue weighted by Gasteiger charge is -2.16. The molecule has 1 aliphatic rings. The number of sulfonamides is 1. The number of aryl methyl sites for hydroxylation is 1. The van der Waals surface area contributed by atoms with E-state index in [1.807, 2.05) is 42.6 Å². The normalized spacial score (nSPS) is 17.4. The van der Waals surface area contributed by atoms with Gasteiger partial charge in [0.15, 0.2) is 5.13 Å². The standard InChI is InChI=1S/C20H21N3O2S2/c1-15-3-2-4-17(13-15)16-5-7-19(8-6-16)27(24,25)22-18-9-11-23(14-18)20-21-10-12-26-20/h2-8,10,12-13,18,22H,9,11,14H2,1H3. The fourth-order valence-corrected chi connectivity index (χ4v) is 5.28. The van der Waals surface area contributed by atoms with Crippen molar-refractivity contribution < 1.29 is 8.42 Å². The monoisotopic (exact) mass is 399 g/mol. The third-order valence-corrected chi connectivity index (χ3v) is 7.08. The fourth-order valence-electron chi connectivity index (χ4n) is 3.34. The summed E-state index contributed by atoms with van der Waals surface area (Å²) in [7, 11) is -3.54. The van der Waals surface area contributed by atoms with Gasteiger partial charge in [-0.05, 0) is 36.6 Å². The van der Waals surface area contributed by atoms with Gasteiger partial charge in [0.1, 0.15) is 0 Å². The van der Waals surface area contributed by atoms with Gasteiger partial charge in [-0.3, -0.25) is 0 Å². The minimum Gasteiger partial charge on any atom is -0.346 e. The first-order chi connectivity index (χ1) is 13.0. The predicted molar refractivity (Wildman–Crippen MR) is 110 cm³/mol. The van der Waals surface area contributed by atoms with E-state index in [0.29, 0.717) is 11.4 Å². The van der Waals surface area contributed by atoms with E-state index in [1.165, 1.54) is 5.56 Å². The summed E-state index contributed by atoms with van der Waals surface area (Å²) in [5.41, 5.74) is 3.27. The summed E-state index contributed by atoms with van der Waals surface area (Å²) >= 11 is 1.57. The van der Waals surface area contributed by atoms with Crippen molar-refractivity contribution in [1.29, 1.82) is 0 Å². The molecule has 0 amide bonds. The molecular formula is C20H21N3O2S2. The van der Waals surface area contributed by atoms with Gasteiger partial charge in [0.25, 0.3) is 0 Å². The number of thiazole rings is 1. The van der Waals surface area contributed by atoms with E-state index in [4.69, 9.17) is 0 Å². The van der Waals surface area contributed by atoms with Crippen LogP contribution in [0, 0.1) is 6.92 Å². The molecule has 0 bridgehead atoms. The van der Waals surface area contributed by atoms with Crippen molar-refractivity contribution in [1.82, 2.24) is 9.71 Å². The lowest BCUT2D eigenvalue weighted by Crippen LogP contribution is -2.37. The van der Waals surface area contributed by atoms with Gasteiger partial charge < -0.3 is 4.90 Å². The van der Waals surface area contributed by atoms with E-state index < -0.39 is 10.0 Å². The summed E-state index contributed by atoms with van der Waals surface area (Å²) in [6.07, 6.45) is 2.55. The van der Waals surface area contributed by atoms with E-state index in [1.54, 1.807) is 29.7 Å². The number of nitrogens with zero attached hydrogens (tertiary/aromatic N) is 2. The first-order valence-corrected chi connectivity index (χ1v) is 11.2. The van der Waals surface area contributed by atoms with Gasteiger partial charge in [0.2, 0.25) is 10.0 Å². The molecule has 27 heavy (non-hydrogen) atoms. The van der Waals surface area contributed by atoms with E-state index >= 15 is 0 Å². The second kappa shape index (κ2) is 7.42. The molecule has 2 heterocycles. The lowest BCUT2D eigenvalue weighted by atomic mass is 10.0. The first kappa shape index (κ1) is 18.2. The Morgan fingerprint density at radius 3 is 2.67 bits per heavy atom. The van der Waals surface area contributed by atoms with Gasteiger partial charge >= 0.3 is 0 Å². The van der Waals surface area contributed by atoms with E-state index in [0.717, 1.165) is 29.2 Å². The molecule has 1 atom stereocenters. The van der Waals surface area contributed by atoms with Gasteiger partial charge in [-0.1, -0.05) is 42.0 Å². The van der Waals surface area contributed by atoms with Crippen molar-refractivity contribution in [2.24, 2.45) is 0 Å². The van der Waals surface area contributed by atoms with E-state index in [2.05, 4.69) is 20.7 Å². The number of aromatic nitrogens is 1. The highest BCUT2D eigenvalue weighted by atomic mass is 32.2. The smallest absolute Gasteiger partial charge is 0.240 e. The van der Waals surface area contributed by atoms with Crippen LogP contribution in [-0.4, -0.2) is 32.5 Å². The maximum Gasteiger partial charge on any atom is 0.240 e. The largest absolute Gasteiger partial charge is 0.346 e. The summed E-state index contributed by atoms with van der Waals surface area (Å²) in [6, 6.07) is 15.1. The predicted octanol–water partition coefficient (Wildman–Crippen LogP) is 3.68. The van der Waals surface area contributed by atoms with Crippen molar-refractivity contribution in [2.45, 2.75) is 24.3 Å². The Balaban J connectivity index is 1.46. The fraction of sp³-hybridized carbons (Fsp3) is 0.250. The quantitative estimate of drug-likeness (QED) is 0.711. The molecule has 0 saturated carbocycles. The van der Waals surface area contributed by atoms with Gasteiger partial charge in [-0.15, -0.1) is 11.3 Å². The molecule has 1 aliphatic heterocycles. The molecule has 2 aromatic carbocycles. The molecule has 0 spiro atoms. The second-order valence-electron chi connectivity index (χ2n) is 6.76. The van der Waals surface area contributed by atoms with Gasteiger partial charge in [0, 0.05) is 30.7 Å². The number of hydrogen-bond donors (Lipinski definition) is 1. The van der Waals surface area contributed by atoms with E-state index in [-0.39, 0.29) is 6.04 Å². The Kier molecular flexibility index (Phi) is 4.99. The molecular weight excluding hydrogens is 378 g/mol. The van der Waals surface area contributed by atoms with Crippen molar-refractivity contribution in [3.05, 3.63) is 65.7 Å². The number of hydrogen-bond acceptors (Lipinski definition) is 5. The lowest BCUT2D eigenvalue weighted by molar-refractivity contribution is 0.561. The van der Waals surface area contributed by atoms with Crippen LogP contribution in [0.2, 0.25) is 0 Å². The van der Waals surface area contributed by atoms with Crippen molar-refractivity contribution in [3.63, 3.8) is 0 Å². The zero-order valence-electron chi connectivity index (χ0n) is 15.0. The number of rotatable bonds is 5. The highest BCUT2D eigenvalue weighted by Crippen LogP contribution is 2.25. The Morgan fingerprint density at radius 2 is 1.96 bits per heavy atom.